The fraction of sp³-hybridized carbons (Fsp3) is 0.238. The normalized spacial score (nSPS) is 10.6. The molecule has 1 amide bonds. The topological polar surface area (TPSA) is 51.7 Å². The van der Waals surface area contributed by atoms with Gasteiger partial charge in [0.05, 0.1) is 19.7 Å². The number of benzene rings is 2. The molecule has 0 aliphatic heterocycles. The Morgan fingerprint density at radius 3 is 2.50 bits per heavy atom. The highest BCUT2D eigenvalue weighted by Crippen LogP contribution is 2.28. The van der Waals surface area contributed by atoms with Gasteiger partial charge in [-0.1, -0.05) is 30.3 Å². The molecule has 0 aliphatic carbocycles. The van der Waals surface area contributed by atoms with Crippen molar-refractivity contribution in [2.45, 2.75) is 13.5 Å². The van der Waals surface area contributed by atoms with E-state index in [1.54, 1.807) is 25.2 Å². The van der Waals surface area contributed by atoms with Gasteiger partial charge in [0.1, 0.15) is 5.69 Å². The van der Waals surface area contributed by atoms with Crippen molar-refractivity contribution < 1.29 is 14.3 Å². The first-order chi connectivity index (χ1) is 12.7. The van der Waals surface area contributed by atoms with Gasteiger partial charge in [0.25, 0.3) is 5.91 Å². The maximum atomic E-state index is 12.9. The molecule has 3 aromatic rings. The summed E-state index contributed by atoms with van der Waals surface area (Å²) in [5.74, 6) is 1.23. The summed E-state index contributed by atoms with van der Waals surface area (Å²) in [5, 5.41) is 1.02. The average molecular weight is 350 g/mol. The molecule has 2 aromatic carbocycles. The number of methoxy groups -OCH3 is 2. The molecule has 26 heavy (non-hydrogen) atoms. The molecule has 0 fully saturated rings. The van der Waals surface area contributed by atoms with Crippen molar-refractivity contribution in [2.75, 3.05) is 20.8 Å². The van der Waals surface area contributed by atoms with Crippen LogP contribution in [0, 0.1) is 0 Å². The summed E-state index contributed by atoms with van der Waals surface area (Å²) >= 11 is 0. The third-order valence-electron chi connectivity index (χ3n) is 4.31. The molecule has 0 saturated heterocycles. The second-order valence-electron chi connectivity index (χ2n) is 5.90. The first-order valence-corrected chi connectivity index (χ1v) is 8.52. The van der Waals surface area contributed by atoms with Crippen molar-refractivity contribution in [3.8, 4) is 11.5 Å². The number of para-hydroxylation sites is 1. The number of carbonyl (C=O) groups excluding carboxylic acids is 1. The van der Waals surface area contributed by atoms with Gasteiger partial charge in [0.15, 0.2) is 11.5 Å². The average Bonchev–Trinajstić information content (AvgIpc) is 2.70. The molecule has 0 radical (unpaired) electrons. The molecular weight excluding hydrogens is 328 g/mol. The zero-order valence-electron chi connectivity index (χ0n) is 15.2. The molecule has 0 aliphatic rings. The lowest BCUT2D eigenvalue weighted by Crippen LogP contribution is -2.31. The number of fused-ring (bicyclic) bond motifs is 1. The molecule has 0 spiro atoms. The van der Waals surface area contributed by atoms with Crippen LogP contribution in [0.1, 0.15) is 23.0 Å². The van der Waals surface area contributed by atoms with E-state index in [0.717, 1.165) is 16.5 Å². The van der Waals surface area contributed by atoms with Gasteiger partial charge in [-0.15, -0.1) is 0 Å². The number of carbonyl (C=O) groups is 1. The van der Waals surface area contributed by atoms with E-state index in [1.807, 2.05) is 55.5 Å². The Labute approximate surface area is 153 Å². The Balaban J connectivity index is 1.84. The molecule has 134 valence electrons. The lowest BCUT2D eigenvalue weighted by molar-refractivity contribution is 0.0747. The fourth-order valence-electron chi connectivity index (χ4n) is 2.87. The van der Waals surface area contributed by atoms with Crippen LogP contribution in [0.5, 0.6) is 11.5 Å². The van der Waals surface area contributed by atoms with Gasteiger partial charge in [-0.3, -0.25) is 4.79 Å². The van der Waals surface area contributed by atoms with Gasteiger partial charge in [0, 0.05) is 18.5 Å². The quantitative estimate of drug-likeness (QED) is 0.676. The van der Waals surface area contributed by atoms with Gasteiger partial charge < -0.3 is 14.4 Å². The van der Waals surface area contributed by atoms with Gasteiger partial charge in [-0.25, -0.2) is 4.98 Å². The molecule has 5 nitrogen and oxygen atoms in total. The summed E-state index contributed by atoms with van der Waals surface area (Å²) < 4.78 is 10.6. The maximum Gasteiger partial charge on any atom is 0.272 e. The number of ether oxygens (including phenoxy) is 2. The number of nitrogens with zero attached hydrogens (tertiary/aromatic N) is 2. The second-order valence-corrected chi connectivity index (χ2v) is 5.90. The molecule has 5 heteroatoms. The smallest absolute Gasteiger partial charge is 0.272 e. The minimum atomic E-state index is -0.0898. The van der Waals surface area contributed by atoms with Gasteiger partial charge in [-0.05, 0) is 36.8 Å². The SMILES string of the molecule is CCN(Cc1ccc(OC)c(OC)c1)C(=O)c1ccc2ccccc2n1. The number of rotatable bonds is 6. The van der Waals surface area contributed by atoms with Crippen LogP contribution in [0.15, 0.2) is 54.6 Å². The Morgan fingerprint density at radius 2 is 1.77 bits per heavy atom. The maximum absolute atomic E-state index is 12.9. The predicted octanol–water partition coefficient (Wildman–Crippen LogP) is 3.91. The van der Waals surface area contributed by atoms with Crippen LogP contribution in [0.2, 0.25) is 0 Å². The van der Waals surface area contributed by atoms with Crippen molar-refractivity contribution in [3.63, 3.8) is 0 Å². The van der Waals surface area contributed by atoms with Crippen LogP contribution in [0.4, 0.5) is 0 Å². The summed E-state index contributed by atoms with van der Waals surface area (Å²) in [5.41, 5.74) is 2.24. The Morgan fingerprint density at radius 1 is 1.00 bits per heavy atom. The van der Waals surface area contributed by atoms with Crippen molar-refractivity contribution >= 4 is 16.8 Å². The van der Waals surface area contributed by atoms with E-state index in [-0.39, 0.29) is 5.91 Å². The zero-order chi connectivity index (χ0) is 18.5. The third-order valence-corrected chi connectivity index (χ3v) is 4.31. The van der Waals surface area contributed by atoms with E-state index in [2.05, 4.69) is 4.98 Å². The highest BCUT2D eigenvalue weighted by molar-refractivity contribution is 5.94. The lowest BCUT2D eigenvalue weighted by Gasteiger charge is -2.21. The molecule has 0 saturated carbocycles. The van der Waals surface area contributed by atoms with Crippen molar-refractivity contribution in [2.24, 2.45) is 0 Å². The number of hydrogen-bond acceptors (Lipinski definition) is 4. The molecule has 0 atom stereocenters. The minimum Gasteiger partial charge on any atom is -0.493 e. The second kappa shape index (κ2) is 7.87. The van der Waals surface area contributed by atoms with Crippen LogP contribution in [0.3, 0.4) is 0 Å². The lowest BCUT2D eigenvalue weighted by atomic mass is 10.1. The summed E-state index contributed by atoms with van der Waals surface area (Å²) in [6.45, 7) is 3.02. The van der Waals surface area contributed by atoms with Gasteiger partial charge >= 0.3 is 0 Å². The van der Waals surface area contributed by atoms with E-state index in [9.17, 15) is 4.79 Å². The van der Waals surface area contributed by atoms with Crippen molar-refractivity contribution in [1.29, 1.82) is 0 Å². The van der Waals surface area contributed by atoms with Crippen LogP contribution in [0.25, 0.3) is 10.9 Å². The largest absolute Gasteiger partial charge is 0.493 e. The first-order valence-electron chi connectivity index (χ1n) is 8.52. The standard InChI is InChI=1S/C21H22N2O3/c1-4-23(14-15-9-12-19(25-2)20(13-15)26-3)21(24)18-11-10-16-7-5-6-8-17(16)22-18/h5-13H,4,14H2,1-3H3. The van der Waals surface area contributed by atoms with Crippen LogP contribution in [-0.4, -0.2) is 36.6 Å². The number of amides is 1. The van der Waals surface area contributed by atoms with E-state index < -0.39 is 0 Å². The summed E-state index contributed by atoms with van der Waals surface area (Å²) in [4.78, 5) is 19.2. The van der Waals surface area contributed by atoms with E-state index in [4.69, 9.17) is 9.47 Å². The molecule has 1 heterocycles. The van der Waals surface area contributed by atoms with Gasteiger partial charge in [-0.2, -0.15) is 0 Å². The number of hydrogen-bond donors (Lipinski definition) is 0. The minimum absolute atomic E-state index is 0.0898. The predicted molar refractivity (Wildman–Crippen MR) is 102 cm³/mol. The zero-order valence-corrected chi connectivity index (χ0v) is 15.2. The Kier molecular flexibility index (Phi) is 5.37. The van der Waals surface area contributed by atoms with E-state index >= 15 is 0 Å². The molecule has 1 aromatic heterocycles. The number of pyridine rings is 1. The van der Waals surface area contributed by atoms with E-state index in [0.29, 0.717) is 30.3 Å². The van der Waals surface area contributed by atoms with Crippen LogP contribution >= 0.6 is 0 Å². The number of aromatic nitrogens is 1. The third kappa shape index (κ3) is 3.61. The molecule has 3 rings (SSSR count). The molecule has 0 unspecified atom stereocenters. The van der Waals surface area contributed by atoms with Crippen molar-refractivity contribution in [3.05, 3.63) is 65.9 Å². The molecular formula is C21H22N2O3. The Hall–Kier alpha value is -3.08. The highest BCUT2D eigenvalue weighted by atomic mass is 16.5. The van der Waals surface area contributed by atoms with Crippen LogP contribution < -0.4 is 9.47 Å². The Bertz CT molecular complexity index is 924. The van der Waals surface area contributed by atoms with Crippen LogP contribution in [-0.2, 0) is 6.54 Å². The summed E-state index contributed by atoms with van der Waals surface area (Å²) in [6.07, 6.45) is 0. The summed E-state index contributed by atoms with van der Waals surface area (Å²) in [7, 11) is 3.20. The highest BCUT2D eigenvalue weighted by Gasteiger charge is 2.17. The molecule has 0 N–H and O–H groups in total. The van der Waals surface area contributed by atoms with E-state index in [1.165, 1.54) is 0 Å². The summed E-state index contributed by atoms with van der Waals surface area (Å²) in [6, 6.07) is 17.2. The fourth-order valence-corrected chi connectivity index (χ4v) is 2.87. The van der Waals surface area contributed by atoms with Gasteiger partial charge in [0.2, 0.25) is 0 Å². The van der Waals surface area contributed by atoms with Crippen molar-refractivity contribution in [1.82, 2.24) is 9.88 Å². The molecule has 0 bridgehead atoms. The first kappa shape index (κ1) is 17.7. The monoisotopic (exact) mass is 350 g/mol.